The van der Waals surface area contributed by atoms with Gasteiger partial charge in [0.05, 0.1) is 0 Å². The molecule has 8 heteroatoms. The zero-order valence-corrected chi connectivity index (χ0v) is 22.8. The number of piperidine rings is 1. The third-order valence-electron chi connectivity index (χ3n) is 6.65. The van der Waals surface area contributed by atoms with Crippen molar-refractivity contribution in [3.05, 3.63) is 65.0 Å². The Morgan fingerprint density at radius 1 is 1.08 bits per heavy atom. The topological polar surface area (TPSA) is 76.6 Å². The van der Waals surface area contributed by atoms with Crippen LogP contribution in [0.25, 0.3) is 0 Å². The number of amides is 1. The number of benzene rings is 1. The van der Waals surface area contributed by atoms with Gasteiger partial charge in [-0.25, -0.2) is 18.6 Å². The molecule has 6 nitrogen and oxygen atoms in total. The highest BCUT2D eigenvalue weighted by Gasteiger charge is 2.45. The predicted molar refractivity (Wildman–Crippen MR) is 142 cm³/mol. The summed E-state index contributed by atoms with van der Waals surface area (Å²) in [6.45, 7) is 6.88. The number of ether oxygens (including phenoxy) is 1. The van der Waals surface area contributed by atoms with E-state index in [9.17, 15) is 23.2 Å². The molecule has 1 aromatic carbocycles. The fourth-order valence-corrected chi connectivity index (χ4v) is 4.56. The van der Waals surface area contributed by atoms with Crippen molar-refractivity contribution in [2.24, 2.45) is 5.92 Å². The third-order valence-corrected chi connectivity index (χ3v) is 6.65. The number of halogens is 2. The fraction of sp³-hybridized carbons (Fsp3) is 0.533. The van der Waals surface area contributed by atoms with Gasteiger partial charge in [0.15, 0.2) is 11.6 Å². The SMILES string of the molecule is CCC(=O)c1cc(C(=O)CCCCC2CN(C(=O)OC(C)(C)C)CCC2(F)F)cc(Cc2ccccc2)n1. The second-order valence-electron chi connectivity index (χ2n) is 11.0. The Kier molecular flexibility index (Phi) is 9.74. The summed E-state index contributed by atoms with van der Waals surface area (Å²) in [4.78, 5) is 43.6. The average molecular weight is 529 g/mol. The van der Waals surface area contributed by atoms with Gasteiger partial charge in [0.2, 0.25) is 0 Å². The molecular formula is C30H38F2N2O4. The van der Waals surface area contributed by atoms with Gasteiger partial charge in [-0.15, -0.1) is 0 Å². The first-order chi connectivity index (χ1) is 17.9. The van der Waals surface area contributed by atoms with Crippen LogP contribution < -0.4 is 0 Å². The molecule has 1 unspecified atom stereocenters. The second kappa shape index (κ2) is 12.6. The molecule has 0 bridgehead atoms. The maximum atomic E-state index is 14.6. The maximum Gasteiger partial charge on any atom is 0.410 e. The number of alkyl halides is 2. The number of rotatable bonds is 10. The number of carbonyl (C=O) groups is 3. The lowest BCUT2D eigenvalue weighted by molar-refractivity contribution is -0.108. The van der Waals surface area contributed by atoms with E-state index in [1.165, 1.54) is 11.0 Å². The molecule has 0 spiro atoms. The van der Waals surface area contributed by atoms with Gasteiger partial charge < -0.3 is 9.64 Å². The Labute approximate surface area is 223 Å². The van der Waals surface area contributed by atoms with Crippen LogP contribution in [0.2, 0.25) is 0 Å². The van der Waals surface area contributed by atoms with E-state index in [2.05, 4.69) is 4.98 Å². The van der Waals surface area contributed by atoms with Crippen LogP contribution in [-0.4, -0.2) is 52.2 Å². The van der Waals surface area contributed by atoms with E-state index in [0.29, 0.717) is 30.5 Å². The van der Waals surface area contributed by atoms with E-state index < -0.39 is 30.0 Å². The second-order valence-corrected chi connectivity index (χ2v) is 11.0. The average Bonchev–Trinajstić information content (AvgIpc) is 2.86. The van der Waals surface area contributed by atoms with Crippen LogP contribution in [0.5, 0.6) is 0 Å². The number of carbonyl (C=O) groups excluding carboxylic acids is 3. The monoisotopic (exact) mass is 528 g/mol. The molecule has 1 aliphatic rings. The lowest BCUT2D eigenvalue weighted by atomic mass is 9.88. The van der Waals surface area contributed by atoms with Gasteiger partial charge in [-0.3, -0.25) is 9.59 Å². The van der Waals surface area contributed by atoms with Crippen LogP contribution in [0.4, 0.5) is 13.6 Å². The molecular weight excluding hydrogens is 490 g/mol. The summed E-state index contributed by atoms with van der Waals surface area (Å²) < 4.78 is 34.5. The largest absolute Gasteiger partial charge is 0.444 e. The zero-order chi connectivity index (χ0) is 27.9. The van der Waals surface area contributed by atoms with Crippen molar-refractivity contribution in [2.75, 3.05) is 13.1 Å². The standard InChI is InChI=1S/C30H38F2N2O4/c1-5-26(35)25-19-22(18-24(33-25)17-21-11-7-6-8-12-21)27(36)14-10-9-13-23-20-34(16-15-30(23,31)32)28(37)38-29(2,3)4/h6-8,11-12,18-19,23H,5,9-10,13-17,20H2,1-4H3. The van der Waals surface area contributed by atoms with Crippen LogP contribution >= 0.6 is 0 Å². The summed E-state index contributed by atoms with van der Waals surface area (Å²) in [6, 6.07) is 12.9. The Balaban J connectivity index is 1.60. The van der Waals surface area contributed by atoms with E-state index in [-0.39, 0.29) is 49.6 Å². The third kappa shape index (κ3) is 8.43. The van der Waals surface area contributed by atoms with E-state index in [1.54, 1.807) is 33.8 Å². The first kappa shape index (κ1) is 29.4. The van der Waals surface area contributed by atoms with Crippen molar-refractivity contribution >= 4 is 17.7 Å². The Bertz CT molecular complexity index is 1130. The van der Waals surface area contributed by atoms with Crippen molar-refractivity contribution in [1.29, 1.82) is 0 Å². The molecule has 0 saturated carbocycles. The first-order valence-corrected chi connectivity index (χ1v) is 13.3. The molecule has 0 aliphatic carbocycles. The highest BCUT2D eigenvalue weighted by Crippen LogP contribution is 2.37. The smallest absolute Gasteiger partial charge is 0.410 e. The summed E-state index contributed by atoms with van der Waals surface area (Å²) in [6.07, 6.45) is 1.06. The lowest BCUT2D eigenvalue weighted by Gasteiger charge is -2.38. The Hall–Kier alpha value is -3.16. The highest BCUT2D eigenvalue weighted by atomic mass is 19.3. The van der Waals surface area contributed by atoms with E-state index in [4.69, 9.17) is 4.74 Å². The van der Waals surface area contributed by atoms with Crippen molar-refractivity contribution in [3.63, 3.8) is 0 Å². The molecule has 1 aliphatic heterocycles. The first-order valence-electron chi connectivity index (χ1n) is 13.3. The number of unbranched alkanes of at least 4 members (excludes halogenated alkanes) is 1. The molecule has 2 aromatic rings. The summed E-state index contributed by atoms with van der Waals surface area (Å²) in [5, 5.41) is 0. The molecule has 0 radical (unpaired) electrons. The van der Waals surface area contributed by atoms with Crippen molar-refractivity contribution in [2.45, 2.75) is 84.2 Å². The molecule has 1 atom stereocenters. The molecule has 1 amide bonds. The highest BCUT2D eigenvalue weighted by molar-refractivity contribution is 6.00. The van der Waals surface area contributed by atoms with Gasteiger partial charge in [0.1, 0.15) is 11.3 Å². The maximum absolute atomic E-state index is 14.6. The summed E-state index contributed by atoms with van der Waals surface area (Å²) in [5.74, 6) is -4.12. The fourth-order valence-electron chi connectivity index (χ4n) is 4.56. The Morgan fingerprint density at radius 2 is 1.79 bits per heavy atom. The van der Waals surface area contributed by atoms with Crippen LogP contribution in [0.15, 0.2) is 42.5 Å². The van der Waals surface area contributed by atoms with E-state index >= 15 is 0 Å². The van der Waals surface area contributed by atoms with Crippen molar-refractivity contribution < 1.29 is 27.9 Å². The molecule has 1 fully saturated rings. The summed E-state index contributed by atoms with van der Waals surface area (Å²) in [7, 11) is 0. The number of ketones is 2. The molecule has 3 rings (SSSR count). The minimum Gasteiger partial charge on any atom is -0.444 e. The lowest BCUT2D eigenvalue weighted by Crippen LogP contribution is -2.50. The summed E-state index contributed by atoms with van der Waals surface area (Å²) in [5.41, 5.74) is 1.66. The molecule has 206 valence electrons. The van der Waals surface area contributed by atoms with Gasteiger partial charge in [-0.1, -0.05) is 43.7 Å². The van der Waals surface area contributed by atoms with Gasteiger partial charge in [-0.05, 0) is 51.3 Å². The van der Waals surface area contributed by atoms with Gasteiger partial charge in [-0.2, -0.15) is 0 Å². The predicted octanol–water partition coefficient (Wildman–Crippen LogP) is 6.90. The molecule has 1 aromatic heterocycles. The van der Waals surface area contributed by atoms with Crippen LogP contribution in [0, 0.1) is 5.92 Å². The van der Waals surface area contributed by atoms with Gasteiger partial charge >= 0.3 is 6.09 Å². The van der Waals surface area contributed by atoms with Crippen molar-refractivity contribution in [3.8, 4) is 0 Å². The quantitative estimate of drug-likeness (QED) is 0.248. The number of aromatic nitrogens is 1. The normalized spacial score (nSPS) is 17.2. The number of hydrogen-bond donors (Lipinski definition) is 0. The van der Waals surface area contributed by atoms with Crippen molar-refractivity contribution in [1.82, 2.24) is 9.88 Å². The molecule has 38 heavy (non-hydrogen) atoms. The van der Waals surface area contributed by atoms with Crippen LogP contribution in [0.3, 0.4) is 0 Å². The number of hydrogen-bond acceptors (Lipinski definition) is 5. The van der Waals surface area contributed by atoms with Crippen LogP contribution in [-0.2, 0) is 11.2 Å². The van der Waals surface area contributed by atoms with E-state index in [1.807, 2.05) is 30.3 Å². The minimum atomic E-state index is -2.87. The molecule has 1 saturated heterocycles. The number of pyridine rings is 1. The Morgan fingerprint density at radius 3 is 2.45 bits per heavy atom. The summed E-state index contributed by atoms with van der Waals surface area (Å²) >= 11 is 0. The molecule has 0 N–H and O–H groups in total. The van der Waals surface area contributed by atoms with Crippen LogP contribution in [0.1, 0.15) is 98.3 Å². The number of Topliss-reactive ketones (excluding diaryl/α,β-unsaturated/α-hetero) is 2. The van der Waals surface area contributed by atoms with Gasteiger partial charge in [0.25, 0.3) is 5.92 Å². The van der Waals surface area contributed by atoms with E-state index in [0.717, 1.165) is 5.56 Å². The van der Waals surface area contributed by atoms with Gasteiger partial charge in [0, 0.05) is 55.9 Å². The number of nitrogens with zero attached hydrogens (tertiary/aromatic N) is 2. The zero-order valence-electron chi connectivity index (χ0n) is 22.8. The minimum absolute atomic E-state index is 0.0386. The number of likely N-dealkylation sites (tertiary alicyclic amines) is 1. The molecule has 2 heterocycles.